The van der Waals surface area contributed by atoms with Gasteiger partial charge in [0, 0.05) is 0 Å². The topological polar surface area (TPSA) is 46.5 Å². The molecule has 0 radical (unpaired) electrons. The van der Waals surface area contributed by atoms with Crippen LogP contribution in [0.4, 0.5) is 4.79 Å². The van der Waals surface area contributed by atoms with Gasteiger partial charge < -0.3 is 8.90 Å². The van der Waals surface area contributed by atoms with Gasteiger partial charge in [-0.1, -0.05) is 0 Å². The molecule has 0 bridgehead atoms. The van der Waals surface area contributed by atoms with Crippen LogP contribution in [0.25, 0.3) is 0 Å². The SMILES string of the molecule is O=C(O)[O][AlH2]. The van der Waals surface area contributed by atoms with Gasteiger partial charge in [0.2, 0.25) is 0 Å². The number of rotatable bonds is 0. The van der Waals surface area contributed by atoms with Crippen LogP contribution < -0.4 is 0 Å². The monoisotopic (exact) mass is 90.0 g/mol. The van der Waals surface area contributed by atoms with Crippen LogP contribution in [0.15, 0.2) is 0 Å². The normalized spacial score (nSPS) is 6.40. The summed E-state index contributed by atoms with van der Waals surface area (Å²) in [6, 6.07) is 0. The van der Waals surface area contributed by atoms with Crippen LogP contribution in [-0.2, 0) is 3.79 Å². The maximum absolute atomic E-state index is 9.18. The van der Waals surface area contributed by atoms with E-state index in [1.165, 1.54) is 0 Å². The van der Waals surface area contributed by atoms with Crippen molar-refractivity contribution in [3.05, 3.63) is 0 Å². The van der Waals surface area contributed by atoms with Crippen molar-refractivity contribution in [3.8, 4) is 0 Å². The molecule has 0 aliphatic heterocycles. The average Bonchev–Trinajstić information content (AvgIpc) is 1.38. The Morgan fingerprint density at radius 1 is 2.00 bits per heavy atom. The molecule has 0 aliphatic rings. The van der Waals surface area contributed by atoms with E-state index in [9.17, 15) is 4.79 Å². The molecule has 0 spiro atoms. The van der Waals surface area contributed by atoms with Crippen LogP contribution in [0.5, 0.6) is 0 Å². The summed E-state index contributed by atoms with van der Waals surface area (Å²) in [5.41, 5.74) is 0. The molecule has 0 saturated carbocycles. The predicted octanol–water partition coefficient (Wildman–Crippen LogP) is -0.771. The molecular weight excluding hydrogens is 87.0 g/mol. The maximum atomic E-state index is 9.18. The summed E-state index contributed by atoms with van der Waals surface area (Å²) >= 11 is 0.274. The third-order valence-electron chi connectivity index (χ3n) is 0.175. The van der Waals surface area contributed by atoms with E-state index in [-0.39, 0.29) is 16.6 Å². The molecule has 0 fully saturated rings. The Morgan fingerprint density at radius 2 is 2.20 bits per heavy atom. The fraction of sp³-hybridized carbons (Fsp3) is 0. The Bertz CT molecular complexity index is 42.2. The van der Waals surface area contributed by atoms with Crippen molar-refractivity contribution in [2.75, 3.05) is 0 Å². The standard InChI is InChI=1S/CH2O3.Al.2H/c2-1(3)4;;;/h(H2,2,3,4);;;/q;+1;;/p-1. The first-order valence-electron chi connectivity index (χ1n) is 1.04. The first-order chi connectivity index (χ1) is 2.27. The number of carbonyl (C=O) groups is 1. The molecule has 28 valence electrons. The van der Waals surface area contributed by atoms with Gasteiger partial charge in [-0.25, -0.2) is 4.79 Å². The maximum Gasteiger partial charge on any atom is 0.504 e. The van der Waals surface area contributed by atoms with Gasteiger partial charge in [-0.15, -0.1) is 0 Å². The summed E-state index contributed by atoms with van der Waals surface area (Å²) in [5.74, 6) is 0. The quantitative estimate of drug-likeness (QED) is 0.397. The second-order valence-electron chi connectivity index (χ2n) is 0.470. The van der Waals surface area contributed by atoms with Gasteiger partial charge >= 0.3 is 22.8 Å². The van der Waals surface area contributed by atoms with E-state index in [2.05, 4.69) is 3.79 Å². The van der Waals surface area contributed by atoms with E-state index >= 15 is 0 Å². The molecule has 0 heterocycles. The van der Waals surface area contributed by atoms with Crippen LogP contribution in [0.2, 0.25) is 0 Å². The molecule has 0 aromatic carbocycles. The van der Waals surface area contributed by atoms with Gasteiger partial charge in [-0.3, -0.25) is 0 Å². The van der Waals surface area contributed by atoms with E-state index in [0.717, 1.165) is 0 Å². The van der Waals surface area contributed by atoms with Crippen molar-refractivity contribution in [1.82, 2.24) is 0 Å². The molecule has 0 rings (SSSR count). The van der Waals surface area contributed by atoms with Gasteiger partial charge in [0.25, 0.3) is 0 Å². The zero-order valence-electron chi connectivity index (χ0n) is 2.76. The summed E-state index contributed by atoms with van der Waals surface area (Å²) in [5, 5.41) is 7.53. The third-order valence-corrected chi connectivity index (χ3v) is 0.524. The fourth-order valence-electron chi connectivity index (χ4n) is 0. The molecule has 5 heavy (non-hydrogen) atoms. The van der Waals surface area contributed by atoms with Gasteiger partial charge in [-0.05, 0) is 0 Å². The highest BCUT2D eigenvalue weighted by atomic mass is 27.1. The minimum Gasteiger partial charge on any atom is -0.591 e. The zero-order chi connectivity index (χ0) is 4.28. The Labute approximate surface area is 37.3 Å². The van der Waals surface area contributed by atoms with Crippen molar-refractivity contribution >= 4 is 22.8 Å². The minimum absolute atomic E-state index is 0.274. The zero-order valence-corrected chi connectivity index (χ0v) is 4.76. The van der Waals surface area contributed by atoms with E-state index in [1.54, 1.807) is 0 Å². The molecular formula is CH3AlO3. The van der Waals surface area contributed by atoms with Gasteiger partial charge in [0.15, 0.2) is 0 Å². The molecule has 1 N–H and O–H groups in total. The smallest absolute Gasteiger partial charge is 0.504 e. The predicted molar refractivity (Wildman–Crippen MR) is 17.7 cm³/mol. The van der Waals surface area contributed by atoms with Crippen molar-refractivity contribution in [1.29, 1.82) is 0 Å². The van der Waals surface area contributed by atoms with Crippen molar-refractivity contribution in [2.24, 2.45) is 0 Å². The highest BCUT2D eigenvalue weighted by Gasteiger charge is 1.79. The Kier molecular flexibility index (Phi) is 1.98. The fourth-order valence-corrected chi connectivity index (χ4v) is 0. The minimum atomic E-state index is -1.18. The largest absolute Gasteiger partial charge is 0.591 e. The van der Waals surface area contributed by atoms with Crippen LogP contribution in [0.1, 0.15) is 0 Å². The van der Waals surface area contributed by atoms with Gasteiger partial charge in [0.05, 0.1) is 0 Å². The van der Waals surface area contributed by atoms with E-state index in [4.69, 9.17) is 5.11 Å². The Balaban J connectivity index is 2.85. The number of hydrogen-bond donors (Lipinski definition) is 1. The molecule has 0 aliphatic carbocycles. The molecule has 0 aromatic heterocycles. The van der Waals surface area contributed by atoms with Crippen LogP contribution in [0, 0.1) is 0 Å². The molecule has 0 amide bonds. The third kappa shape index (κ3) is 3.80. The summed E-state index contributed by atoms with van der Waals surface area (Å²) in [4.78, 5) is 9.18. The first-order valence-corrected chi connectivity index (χ1v) is 1.86. The number of hydrogen-bond acceptors (Lipinski definition) is 2. The first kappa shape index (κ1) is 4.80. The van der Waals surface area contributed by atoms with Crippen LogP contribution in [-0.4, -0.2) is 27.9 Å². The molecule has 0 atom stereocenters. The Morgan fingerprint density at radius 3 is 2.20 bits per heavy atom. The summed E-state index contributed by atoms with van der Waals surface area (Å²) in [6.07, 6.45) is -1.18. The molecule has 0 saturated heterocycles. The van der Waals surface area contributed by atoms with Crippen molar-refractivity contribution in [2.45, 2.75) is 0 Å². The summed E-state index contributed by atoms with van der Waals surface area (Å²) in [7, 11) is 0. The molecule has 3 nitrogen and oxygen atoms in total. The molecule has 0 unspecified atom stereocenters. The van der Waals surface area contributed by atoms with Crippen LogP contribution >= 0.6 is 0 Å². The molecule has 0 aromatic rings. The summed E-state index contributed by atoms with van der Waals surface area (Å²) < 4.78 is 3.81. The van der Waals surface area contributed by atoms with E-state index < -0.39 is 6.16 Å². The second-order valence-corrected chi connectivity index (χ2v) is 0.878. The van der Waals surface area contributed by atoms with Crippen LogP contribution in [0.3, 0.4) is 0 Å². The number of carboxylic acid groups (broad SMARTS) is 1. The summed E-state index contributed by atoms with van der Waals surface area (Å²) in [6.45, 7) is 0. The average molecular weight is 90.0 g/mol. The lowest BCUT2D eigenvalue weighted by Gasteiger charge is -1.82. The lowest BCUT2D eigenvalue weighted by Crippen LogP contribution is -1.92. The van der Waals surface area contributed by atoms with E-state index in [0.29, 0.717) is 0 Å². The van der Waals surface area contributed by atoms with Crippen molar-refractivity contribution < 1.29 is 13.7 Å². The molecule has 4 heteroatoms. The van der Waals surface area contributed by atoms with Gasteiger partial charge in [-0.2, -0.15) is 0 Å². The van der Waals surface area contributed by atoms with Gasteiger partial charge in [0.1, 0.15) is 0 Å². The van der Waals surface area contributed by atoms with Crippen molar-refractivity contribution in [3.63, 3.8) is 0 Å². The lowest BCUT2D eigenvalue weighted by molar-refractivity contribution is 0.148. The highest BCUT2D eigenvalue weighted by molar-refractivity contribution is 6.03. The Hall–Kier alpha value is -0.198. The van der Waals surface area contributed by atoms with E-state index in [1.807, 2.05) is 0 Å². The highest BCUT2D eigenvalue weighted by Crippen LogP contribution is 1.59. The second kappa shape index (κ2) is 2.07. The lowest BCUT2D eigenvalue weighted by atomic mass is 11.5.